The summed E-state index contributed by atoms with van der Waals surface area (Å²) in [5.74, 6) is 2.71. The molecule has 0 spiro atoms. The van der Waals surface area contributed by atoms with E-state index in [0.29, 0.717) is 5.41 Å². The first-order valence-electron chi connectivity index (χ1n) is 8.93. The molecule has 6 unspecified atom stereocenters. The molecule has 1 N–H and O–H groups in total. The zero-order chi connectivity index (χ0) is 14.0. The maximum Gasteiger partial charge on any atom is 0.0599 e. The molecule has 1 nitrogen and oxygen atoms in total. The second kappa shape index (κ2) is 4.35. The number of aliphatic hydroxyl groups is 1. The molecule has 0 bridgehead atoms. The van der Waals surface area contributed by atoms with E-state index in [0.717, 1.165) is 24.2 Å². The highest BCUT2D eigenvalue weighted by atomic mass is 16.3. The van der Waals surface area contributed by atoms with Gasteiger partial charge in [0.15, 0.2) is 0 Å². The van der Waals surface area contributed by atoms with Gasteiger partial charge in [-0.2, -0.15) is 0 Å². The number of aliphatic hydroxyl groups excluding tert-OH is 1. The molecule has 0 saturated heterocycles. The molecule has 0 aromatic rings. The van der Waals surface area contributed by atoms with Crippen molar-refractivity contribution in [2.24, 2.45) is 28.6 Å². The highest BCUT2D eigenvalue weighted by Crippen LogP contribution is 2.68. The van der Waals surface area contributed by atoms with Crippen molar-refractivity contribution in [1.82, 2.24) is 0 Å². The Morgan fingerprint density at radius 1 is 1.05 bits per heavy atom. The Morgan fingerprint density at radius 2 is 1.85 bits per heavy atom. The van der Waals surface area contributed by atoms with E-state index in [2.05, 4.69) is 19.9 Å². The van der Waals surface area contributed by atoms with E-state index in [1.54, 1.807) is 0 Å². The summed E-state index contributed by atoms with van der Waals surface area (Å²) in [6.07, 6.45) is 14.4. The van der Waals surface area contributed by atoms with E-state index in [-0.39, 0.29) is 11.5 Å². The van der Waals surface area contributed by atoms with Crippen LogP contribution in [0.5, 0.6) is 0 Å². The summed E-state index contributed by atoms with van der Waals surface area (Å²) in [6, 6.07) is 0. The molecule has 0 heterocycles. The van der Waals surface area contributed by atoms with Crippen LogP contribution in [0.25, 0.3) is 0 Å². The molecule has 0 aliphatic heterocycles. The number of rotatable bonds is 0. The Balaban J connectivity index is 1.69. The van der Waals surface area contributed by atoms with Gasteiger partial charge in [-0.1, -0.05) is 25.5 Å². The molecule has 0 aromatic carbocycles. The second-order valence-electron chi connectivity index (χ2n) is 8.55. The maximum atomic E-state index is 10.6. The predicted molar refractivity (Wildman–Crippen MR) is 82.3 cm³/mol. The molecule has 3 saturated carbocycles. The molecule has 20 heavy (non-hydrogen) atoms. The lowest BCUT2D eigenvalue weighted by Crippen LogP contribution is -2.53. The Bertz CT molecular complexity index is 439. The fourth-order valence-corrected chi connectivity index (χ4v) is 6.70. The van der Waals surface area contributed by atoms with E-state index in [1.165, 1.54) is 51.4 Å². The normalized spacial score (nSPS) is 54.6. The van der Waals surface area contributed by atoms with Gasteiger partial charge in [0.2, 0.25) is 0 Å². The smallest absolute Gasteiger partial charge is 0.0599 e. The molecular weight excluding hydrogens is 244 g/mol. The van der Waals surface area contributed by atoms with Gasteiger partial charge in [-0.3, -0.25) is 0 Å². The van der Waals surface area contributed by atoms with Crippen molar-refractivity contribution in [2.75, 3.05) is 0 Å². The fourth-order valence-electron chi connectivity index (χ4n) is 6.70. The molecular formula is C19H30O. The first kappa shape index (κ1) is 13.4. The lowest BCUT2D eigenvalue weighted by molar-refractivity contribution is -0.112. The molecule has 4 aliphatic carbocycles. The average Bonchev–Trinajstić information content (AvgIpc) is 2.71. The number of hydrogen-bond donors (Lipinski definition) is 1. The molecule has 4 rings (SSSR count). The zero-order valence-electron chi connectivity index (χ0n) is 13.2. The quantitative estimate of drug-likeness (QED) is 0.635. The molecule has 0 amide bonds. The van der Waals surface area contributed by atoms with Crippen LogP contribution >= 0.6 is 0 Å². The third kappa shape index (κ3) is 1.54. The Hall–Kier alpha value is -0.300. The Morgan fingerprint density at radius 3 is 2.70 bits per heavy atom. The molecule has 4 aliphatic rings. The first-order valence-corrected chi connectivity index (χ1v) is 8.93. The predicted octanol–water partition coefficient (Wildman–Crippen LogP) is 4.70. The van der Waals surface area contributed by atoms with Gasteiger partial charge in [0, 0.05) is 0 Å². The van der Waals surface area contributed by atoms with Crippen molar-refractivity contribution < 1.29 is 5.11 Å². The summed E-state index contributed by atoms with van der Waals surface area (Å²) >= 11 is 0. The van der Waals surface area contributed by atoms with Crippen LogP contribution in [0.15, 0.2) is 11.6 Å². The fraction of sp³-hybridized carbons (Fsp3) is 0.895. The summed E-state index contributed by atoms with van der Waals surface area (Å²) in [5, 5.41) is 10.6. The molecule has 3 fully saturated rings. The summed E-state index contributed by atoms with van der Waals surface area (Å²) in [6.45, 7) is 4.92. The highest BCUT2D eigenvalue weighted by Gasteiger charge is 2.62. The van der Waals surface area contributed by atoms with Gasteiger partial charge >= 0.3 is 0 Å². The second-order valence-corrected chi connectivity index (χ2v) is 8.55. The lowest BCUT2D eigenvalue weighted by atomic mass is 9.46. The molecule has 0 aromatic heterocycles. The van der Waals surface area contributed by atoms with Crippen LogP contribution in [0.2, 0.25) is 0 Å². The van der Waals surface area contributed by atoms with Crippen molar-refractivity contribution >= 4 is 0 Å². The minimum atomic E-state index is -0.0447. The minimum absolute atomic E-state index is 0.0447. The van der Waals surface area contributed by atoms with Crippen LogP contribution in [0.3, 0.4) is 0 Å². The van der Waals surface area contributed by atoms with Gasteiger partial charge in [0.05, 0.1) is 6.10 Å². The molecule has 112 valence electrons. The molecule has 0 radical (unpaired) electrons. The molecule has 6 atom stereocenters. The Kier molecular flexibility index (Phi) is 2.91. The maximum absolute atomic E-state index is 10.6. The zero-order valence-corrected chi connectivity index (χ0v) is 13.2. The van der Waals surface area contributed by atoms with Crippen molar-refractivity contribution in [3.63, 3.8) is 0 Å². The van der Waals surface area contributed by atoms with Gasteiger partial charge < -0.3 is 5.11 Å². The monoisotopic (exact) mass is 274 g/mol. The van der Waals surface area contributed by atoms with Crippen molar-refractivity contribution in [1.29, 1.82) is 0 Å². The van der Waals surface area contributed by atoms with Gasteiger partial charge in [0.25, 0.3) is 0 Å². The van der Waals surface area contributed by atoms with Crippen LogP contribution in [0.4, 0.5) is 0 Å². The summed E-state index contributed by atoms with van der Waals surface area (Å²) in [5.41, 5.74) is 2.41. The summed E-state index contributed by atoms with van der Waals surface area (Å²) < 4.78 is 0. The Labute approximate surface area is 123 Å². The third-order valence-electron chi connectivity index (χ3n) is 8.17. The number of hydrogen-bond acceptors (Lipinski definition) is 1. The topological polar surface area (TPSA) is 20.2 Å². The van der Waals surface area contributed by atoms with Gasteiger partial charge in [-0.25, -0.2) is 0 Å². The van der Waals surface area contributed by atoms with Crippen LogP contribution in [-0.4, -0.2) is 11.2 Å². The van der Waals surface area contributed by atoms with Crippen molar-refractivity contribution in [2.45, 2.75) is 77.7 Å². The van der Waals surface area contributed by atoms with Crippen molar-refractivity contribution in [3.8, 4) is 0 Å². The summed E-state index contributed by atoms with van der Waals surface area (Å²) in [4.78, 5) is 0. The third-order valence-corrected chi connectivity index (χ3v) is 8.17. The van der Waals surface area contributed by atoms with E-state index >= 15 is 0 Å². The van der Waals surface area contributed by atoms with Gasteiger partial charge in [-0.05, 0) is 86.4 Å². The van der Waals surface area contributed by atoms with E-state index < -0.39 is 0 Å². The summed E-state index contributed by atoms with van der Waals surface area (Å²) in [7, 11) is 0. The van der Waals surface area contributed by atoms with Crippen molar-refractivity contribution in [3.05, 3.63) is 11.6 Å². The van der Waals surface area contributed by atoms with Crippen LogP contribution in [-0.2, 0) is 0 Å². The number of allylic oxidation sites excluding steroid dienone is 2. The first-order chi connectivity index (χ1) is 9.56. The van der Waals surface area contributed by atoms with E-state index in [9.17, 15) is 5.11 Å². The van der Waals surface area contributed by atoms with Gasteiger partial charge in [-0.15, -0.1) is 0 Å². The largest absolute Gasteiger partial charge is 0.393 e. The minimum Gasteiger partial charge on any atom is -0.393 e. The van der Waals surface area contributed by atoms with Crippen LogP contribution in [0.1, 0.15) is 71.6 Å². The number of fused-ring (bicyclic) bond motifs is 5. The average molecular weight is 274 g/mol. The lowest BCUT2D eigenvalue weighted by Gasteiger charge is -2.59. The van der Waals surface area contributed by atoms with Crippen LogP contribution in [0, 0.1) is 28.6 Å². The highest BCUT2D eigenvalue weighted by molar-refractivity contribution is 5.20. The van der Waals surface area contributed by atoms with E-state index in [1.807, 2.05) is 5.57 Å². The standard InChI is InChI=1S/C19H30O/c1-18-12-10-17(20)19(18,2)11-9-15-14-6-4-3-5-13(14)7-8-16(15)18/h5,14-17,20H,3-4,6-12H2,1-2H3. The van der Waals surface area contributed by atoms with Crippen LogP contribution < -0.4 is 0 Å². The van der Waals surface area contributed by atoms with Gasteiger partial charge in [0.1, 0.15) is 0 Å². The molecule has 1 heteroatoms. The van der Waals surface area contributed by atoms with E-state index in [4.69, 9.17) is 0 Å². The SMILES string of the molecule is CC12CCC3C4CCCC=C4CCC3C1(C)CCC2O.